The Hall–Kier alpha value is -2.69. The van der Waals surface area contributed by atoms with Gasteiger partial charge in [-0.2, -0.15) is 0 Å². The zero-order valence-electron chi connectivity index (χ0n) is 9.88. The van der Waals surface area contributed by atoms with Crippen LogP contribution in [0, 0.1) is 5.82 Å². The molecule has 1 N–H and O–H groups in total. The third-order valence-corrected chi connectivity index (χ3v) is 2.78. The van der Waals surface area contributed by atoms with Gasteiger partial charge in [0.1, 0.15) is 5.82 Å². The molecule has 4 nitrogen and oxygen atoms in total. The van der Waals surface area contributed by atoms with E-state index in [0.29, 0.717) is 11.3 Å². The molecule has 0 saturated heterocycles. The number of anilines is 1. The van der Waals surface area contributed by atoms with Crippen LogP contribution < -0.4 is 5.32 Å². The number of hydrogen-bond acceptors (Lipinski definition) is 2. The molecule has 19 heavy (non-hydrogen) atoms. The Morgan fingerprint density at radius 2 is 2.00 bits per heavy atom. The molecule has 0 aliphatic carbocycles. The van der Waals surface area contributed by atoms with E-state index in [9.17, 15) is 9.18 Å². The van der Waals surface area contributed by atoms with E-state index in [2.05, 4.69) is 10.3 Å². The van der Waals surface area contributed by atoms with Crippen molar-refractivity contribution in [3.8, 4) is 0 Å². The maximum absolute atomic E-state index is 12.8. The van der Waals surface area contributed by atoms with Crippen molar-refractivity contribution in [2.45, 2.75) is 0 Å². The van der Waals surface area contributed by atoms with Gasteiger partial charge < -0.3 is 9.72 Å². The minimum absolute atomic E-state index is 0.240. The Balaban J connectivity index is 1.84. The quantitative estimate of drug-likeness (QED) is 0.765. The third kappa shape index (κ3) is 2.30. The van der Waals surface area contributed by atoms with Gasteiger partial charge >= 0.3 is 0 Å². The number of imidazole rings is 1. The lowest BCUT2D eigenvalue weighted by Gasteiger charge is -2.05. The summed E-state index contributed by atoms with van der Waals surface area (Å²) in [6.45, 7) is 0. The fourth-order valence-corrected chi connectivity index (χ4v) is 1.80. The number of aromatic nitrogens is 2. The van der Waals surface area contributed by atoms with Crippen LogP contribution in [0.4, 0.5) is 10.1 Å². The summed E-state index contributed by atoms with van der Waals surface area (Å²) < 4.78 is 14.6. The van der Waals surface area contributed by atoms with Crippen LogP contribution in [0.25, 0.3) is 5.52 Å². The number of carbonyl (C=O) groups excluding carboxylic acids is 1. The number of halogens is 1. The summed E-state index contributed by atoms with van der Waals surface area (Å²) in [5.74, 6) is -0.575. The number of pyridine rings is 1. The van der Waals surface area contributed by atoms with Crippen molar-refractivity contribution >= 4 is 17.1 Å². The van der Waals surface area contributed by atoms with E-state index in [1.165, 1.54) is 24.3 Å². The highest BCUT2D eigenvalue weighted by Crippen LogP contribution is 2.12. The number of carbonyl (C=O) groups is 1. The molecule has 1 aromatic carbocycles. The fourth-order valence-electron chi connectivity index (χ4n) is 1.80. The van der Waals surface area contributed by atoms with Crippen LogP contribution in [0.3, 0.4) is 0 Å². The van der Waals surface area contributed by atoms with Gasteiger partial charge in [-0.3, -0.25) is 4.79 Å². The zero-order valence-corrected chi connectivity index (χ0v) is 9.88. The molecule has 1 amide bonds. The van der Waals surface area contributed by atoms with E-state index >= 15 is 0 Å². The molecule has 0 saturated carbocycles. The average molecular weight is 255 g/mol. The number of nitrogens with one attached hydrogen (secondary N) is 1. The van der Waals surface area contributed by atoms with Crippen molar-refractivity contribution in [3.63, 3.8) is 0 Å². The van der Waals surface area contributed by atoms with E-state index in [1.807, 2.05) is 4.40 Å². The number of hydrogen-bond donors (Lipinski definition) is 1. The molecule has 0 fully saturated rings. The summed E-state index contributed by atoms with van der Waals surface area (Å²) in [4.78, 5) is 16.0. The highest BCUT2D eigenvalue weighted by Gasteiger charge is 2.07. The minimum atomic E-state index is -0.335. The molecular formula is C14H10FN3O. The topological polar surface area (TPSA) is 46.4 Å². The molecule has 2 heterocycles. The van der Waals surface area contributed by atoms with Crippen LogP contribution in [0.15, 0.2) is 55.1 Å². The molecular weight excluding hydrogens is 245 g/mol. The highest BCUT2D eigenvalue weighted by molar-refractivity contribution is 6.04. The molecule has 0 aliphatic rings. The molecule has 0 bridgehead atoms. The molecule has 5 heteroatoms. The number of rotatable bonds is 2. The SMILES string of the molecule is O=C(Nc1ccc(F)cc1)c1ccn2cncc2c1. The van der Waals surface area contributed by atoms with Gasteiger partial charge in [0, 0.05) is 17.4 Å². The molecule has 2 aromatic heterocycles. The summed E-state index contributed by atoms with van der Waals surface area (Å²) >= 11 is 0. The summed E-state index contributed by atoms with van der Waals surface area (Å²) in [6.07, 6.45) is 5.10. The van der Waals surface area contributed by atoms with Gasteiger partial charge in [0.15, 0.2) is 0 Å². The van der Waals surface area contributed by atoms with Crippen LogP contribution in [-0.4, -0.2) is 15.3 Å². The van der Waals surface area contributed by atoms with Crippen LogP contribution in [0.2, 0.25) is 0 Å². The largest absolute Gasteiger partial charge is 0.322 e. The number of amides is 1. The van der Waals surface area contributed by atoms with Gasteiger partial charge in [0.05, 0.1) is 18.0 Å². The lowest BCUT2D eigenvalue weighted by Crippen LogP contribution is -2.12. The maximum atomic E-state index is 12.8. The van der Waals surface area contributed by atoms with Crippen molar-refractivity contribution in [1.29, 1.82) is 0 Å². The van der Waals surface area contributed by atoms with E-state index in [4.69, 9.17) is 0 Å². The maximum Gasteiger partial charge on any atom is 0.255 e. The summed E-state index contributed by atoms with van der Waals surface area (Å²) in [5.41, 5.74) is 1.92. The predicted octanol–water partition coefficient (Wildman–Crippen LogP) is 2.73. The van der Waals surface area contributed by atoms with Crippen LogP contribution in [-0.2, 0) is 0 Å². The summed E-state index contributed by atoms with van der Waals surface area (Å²) in [6, 6.07) is 9.08. The minimum Gasteiger partial charge on any atom is -0.322 e. The Morgan fingerprint density at radius 3 is 2.79 bits per heavy atom. The molecule has 0 radical (unpaired) electrons. The van der Waals surface area contributed by atoms with Crippen LogP contribution >= 0.6 is 0 Å². The first-order chi connectivity index (χ1) is 9.22. The third-order valence-electron chi connectivity index (χ3n) is 2.78. The molecule has 0 atom stereocenters. The normalized spacial score (nSPS) is 10.6. The molecule has 94 valence electrons. The zero-order chi connectivity index (χ0) is 13.2. The van der Waals surface area contributed by atoms with Gasteiger partial charge in [-0.25, -0.2) is 9.37 Å². The van der Waals surface area contributed by atoms with E-state index in [1.54, 1.807) is 30.9 Å². The summed E-state index contributed by atoms with van der Waals surface area (Å²) in [5, 5.41) is 2.71. The Bertz CT molecular complexity index is 734. The second kappa shape index (κ2) is 4.53. The molecule has 0 aliphatic heterocycles. The average Bonchev–Trinajstić information content (AvgIpc) is 2.88. The highest BCUT2D eigenvalue weighted by atomic mass is 19.1. The fraction of sp³-hybridized carbons (Fsp3) is 0. The van der Waals surface area contributed by atoms with Gasteiger partial charge in [-0.1, -0.05) is 0 Å². The lowest BCUT2D eigenvalue weighted by atomic mass is 10.2. The van der Waals surface area contributed by atoms with Crippen molar-refractivity contribution in [3.05, 3.63) is 66.5 Å². The molecule has 0 unspecified atom stereocenters. The Labute approximate surface area is 108 Å². The first-order valence-electron chi connectivity index (χ1n) is 5.71. The first kappa shape index (κ1) is 11.4. The molecule has 0 spiro atoms. The molecule has 3 aromatic rings. The number of fused-ring (bicyclic) bond motifs is 1. The van der Waals surface area contributed by atoms with Crippen molar-refractivity contribution in [2.75, 3.05) is 5.32 Å². The number of benzene rings is 1. The van der Waals surface area contributed by atoms with Crippen LogP contribution in [0.1, 0.15) is 10.4 Å². The lowest BCUT2D eigenvalue weighted by molar-refractivity contribution is 0.102. The van der Waals surface area contributed by atoms with Crippen molar-refractivity contribution < 1.29 is 9.18 Å². The van der Waals surface area contributed by atoms with E-state index < -0.39 is 0 Å². The standard InChI is InChI=1S/C14H10FN3O/c15-11-1-3-12(4-2-11)17-14(19)10-5-6-18-9-16-8-13(18)7-10/h1-9H,(H,17,19). The van der Waals surface area contributed by atoms with E-state index in [-0.39, 0.29) is 11.7 Å². The van der Waals surface area contributed by atoms with Gasteiger partial charge in [0.2, 0.25) is 0 Å². The second-order valence-electron chi connectivity index (χ2n) is 4.10. The van der Waals surface area contributed by atoms with Crippen LogP contribution in [0.5, 0.6) is 0 Å². The van der Waals surface area contributed by atoms with Gasteiger partial charge in [-0.15, -0.1) is 0 Å². The first-order valence-corrected chi connectivity index (χ1v) is 5.71. The van der Waals surface area contributed by atoms with Crippen molar-refractivity contribution in [1.82, 2.24) is 9.38 Å². The number of nitrogens with zero attached hydrogens (tertiary/aromatic N) is 2. The van der Waals surface area contributed by atoms with Crippen molar-refractivity contribution in [2.24, 2.45) is 0 Å². The second-order valence-corrected chi connectivity index (χ2v) is 4.10. The van der Waals surface area contributed by atoms with E-state index in [0.717, 1.165) is 5.52 Å². The van der Waals surface area contributed by atoms with Gasteiger partial charge in [0.25, 0.3) is 5.91 Å². The predicted molar refractivity (Wildman–Crippen MR) is 69.5 cm³/mol. The molecule has 3 rings (SSSR count). The smallest absolute Gasteiger partial charge is 0.255 e. The van der Waals surface area contributed by atoms with Gasteiger partial charge in [-0.05, 0) is 36.4 Å². The Morgan fingerprint density at radius 1 is 1.21 bits per heavy atom. The monoisotopic (exact) mass is 255 g/mol. The summed E-state index contributed by atoms with van der Waals surface area (Å²) in [7, 11) is 0. The Kier molecular flexibility index (Phi) is 2.72.